The zero-order valence-electron chi connectivity index (χ0n) is 32.7. The summed E-state index contributed by atoms with van der Waals surface area (Å²) in [7, 11) is 0. The Balaban J connectivity index is 1.05. The van der Waals surface area contributed by atoms with Crippen molar-refractivity contribution in [1.82, 2.24) is 15.0 Å². The predicted molar refractivity (Wildman–Crippen MR) is 252 cm³/mol. The first kappa shape index (κ1) is 33.9. The summed E-state index contributed by atoms with van der Waals surface area (Å²) >= 11 is 3.60. The lowest BCUT2D eigenvalue weighted by molar-refractivity contribution is 0.660. The van der Waals surface area contributed by atoms with E-state index in [1.165, 1.54) is 57.4 Å². The molecule has 0 amide bonds. The van der Waals surface area contributed by atoms with Gasteiger partial charge < -0.3 is 4.42 Å². The highest BCUT2D eigenvalue weighted by Gasteiger charge is 2.35. The normalized spacial score (nSPS) is 13.3. The molecule has 4 nitrogen and oxygen atoms in total. The fourth-order valence-electron chi connectivity index (χ4n) is 9.75. The molecule has 8 aromatic carbocycles. The molecule has 0 saturated heterocycles. The van der Waals surface area contributed by atoms with Crippen molar-refractivity contribution in [2.24, 2.45) is 0 Å². The van der Waals surface area contributed by atoms with Gasteiger partial charge in [-0.3, -0.25) is 0 Å². The van der Waals surface area contributed by atoms with Crippen molar-refractivity contribution < 1.29 is 4.42 Å². The van der Waals surface area contributed by atoms with Crippen LogP contribution in [0.3, 0.4) is 0 Å². The molecule has 0 spiro atoms. The Morgan fingerprint density at radius 2 is 0.883 bits per heavy atom. The second-order valence-corrected chi connectivity index (χ2v) is 18.5. The summed E-state index contributed by atoms with van der Waals surface area (Å²) in [6, 6.07) is 58.7. The zero-order valence-corrected chi connectivity index (χ0v) is 34.3. The van der Waals surface area contributed by atoms with Crippen molar-refractivity contribution in [3.63, 3.8) is 0 Å². The van der Waals surface area contributed by atoms with Crippen molar-refractivity contribution in [1.29, 1.82) is 0 Å². The highest BCUT2D eigenvalue weighted by atomic mass is 32.1. The number of thiophene rings is 2. The van der Waals surface area contributed by atoms with Crippen LogP contribution in [0.4, 0.5) is 0 Å². The van der Waals surface area contributed by atoms with E-state index in [1.54, 1.807) is 22.7 Å². The molecule has 0 saturated carbocycles. The van der Waals surface area contributed by atoms with Crippen molar-refractivity contribution in [2.75, 3.05) is 0 Å². The van der Waals surface area contributed by atoms with Gasteiger partial charge in [0.05, 0.1) is 0 Å². The van der Waals surface area contributed by atoms with Gasteiger partial charge in [-0.1, -0.05) is 129 Å². The third-order valence-corrected chi connectivity index (χ3v) is 14.8. The lowest BCUT2D eigenvalue weighted by Crippen LogP contribution is -2.14. The number of hydrogen-bond acceptors (Lipinski definition) is 6. The number of furan rings is 1. The summed E-state index contributed by atoms with van der Waals surface area (Å²) in [6.07, 6.45) is 0. The van der Waals surface area contributed by atoms with Gasteiger partial charge in [0.15, 0.2) is 17.5 Å². The van der Waals surface area contributed by atoms with Gasteiger partial charge in [0, 0.05) is 73.2 Å². The van der Waals surface area contributed by atoms with Gasteiger partial charge in [-0.2, -0.15) is 0 Å². The maximum atomic E-state index is 6.61. The van der Waals surface area contributed by atoms with Crippen LogP contribution in [0, 0.1) is 0 Å². The van der Waals surface area contributed by atoms with Crippen LogP contribution in [0.25, 0.3) is 119 Å². The minimum Gasteiger partial charge on any atom is -0.456 e. The highest BCUT2D eigenvalue weighted by Crippen LogP contribution is 2.50. The Labute approximate surface area is 353 Å². The molecule has 1 aliphatic rings. The number of nitrogens with zero attached hydrogens (tertiary/aromatic N) is 3. The summed E-state index contributed by atoms with van der Waals surface area (Å²) in [5.41, 5.74) is 12.1. The van der Waals surface area contributed by atoms with E-state index in [-0.39, 0.29) is 5.41 Å². The van der Waals surface area contributed by atoms with Crippen LogP contribution in [0.2, 0.25) is 0 Å². The first-order valence-corrected chi connectivity index (χ1v) is 21.9. The molecule has 0 radical (unpaired) electrons. The Morgan fingerprint density at radius 3 is 1.55 bits per heavy atom. The van der Waals surface area contributed by atoms with Crippen LogP contribution < -0.4 is 0 Å². The molecule has 4 heterocycles. The number of hydrogen-bond donors (Lipinski definition) is 0. The van der Waals surface area contributed by atoms with Crippen LogP contribution >= 0.6 is 22.7 Å². The topological polar surface area (TPSA) is 51.8 Å². The summed E-state index contributed by atoms with van der Waals surface area (Å²) in [5.74, 6) is 1.90. The molecule has 0 unspecified atom stereocenters. The quantitative estimate of drug-likeness (QED) is 0.178. The molecule has 282 valence electrons. The molecule has 0 aliphatic heterocycles. The van der Waals surface area contributed by atoms with Crippen LogP contribution in [0.5, 0.6) is 0 Å². The summed E-state index contributed by atoms with van der Waals surface area (Å²) in [6.45, 7) is 4.65. The average molecular weight is 804 g/mol. The minimum absolute atomic E-state index is 0.0452. The average Bonchev–Trinajstić information content (AvgIpc) is 4.04. The third-order valence-electron chi connectivity index (χ3n) is 12.6. The lowest BCUT2D eigenvalue weighted by atomic mass is 9.82. The monoisotopic (exact) mass is 803 g/mol. The highest BCUT2D eigenvalue weighted by molar-refractivity contribution is 7.26. The van der Waals surface area contributed by atoms with Crippen molar-refractivity contribution in [2.45, 2.75) is 19.3 Å². The van der Waals surface area contributed by atoms with Crippen LogP contribution in [-0.4, -0.2) is 15.0 Å². The first-order chi connectivity index (χ1) is 29.5. The minimum atomic E-state index is -0.0452. The standard InChI is InChI=1S/C54H33N3OS2/c1-54(2)40-18-6-3-12-32(40)38-28-30(24-26-41(38)54)31-25-27-42-39(29-31)48-35(15-9-19-43(48)58-42)51-55-52(36-16-10-22-46-49(36)33-13-4-7-20-44(33)59-46)57-53(56-51)37-17-11-23-47-50(37)34-14-5-8-21-45(34)60-47/h3-29H,1-2H3. The molecule has 4 aromatic heterocycles. The maximum Gasteiger partial charge on any atom is 0.164 e. The Bertz CT molecular complexity index is 3640. The van der Waals surface area contributed by atoms with Gasteiger partial charge in [-0.25, -0.2) is 15.0 Å². The van der Waals surface area contributed by atoms with Crippen LogP contribution in [-0.2, 0) is 5.41 Å². The van der Waals surface area contributed by atoms with E-state index >= 15 is 0 Å². The molecule has 0 N–H and O–H groups in total. The molecule has 60 heavy (non-hydrogen) atoms. The molecule has 0 bridgehead atoms. The zero-order chi connectivity index (χ0) is 39.7. The molecule has 0 atom stereocenters. The van der Waals surface area contributed by atoms with Gasteiger partial charge >= 0.3 is 0 Å². The fraction of sp³-hybridized carbons (Fsp3) is 0.0556. The van der Waals surface area contributed by atoms with E-state index in [4.69, 9.17) is 19.4 Å². The third kappa shape index (κ3) is 4.86. The molecule has 13 rings (SSSR count). The van der Waals surface area contributed by atoms with E-state index < -0.39 is 0 Å². The molecular weight excluding hydrogens is 771 g/mol. The van der Waals surface area contributed by atoms with E-state index in [1.807, 2.05) is 12.1 Å². The second kappa shape index (κ2) is 12.5. The lowest BCUT2D eigenvalue weighted by Gasteiger charge is -2.21. The van der Waals surface area contributed by atoms with E-state index in [0.29, 0.717) is 17.5 Å². The number of aromatic nitrogens is 3. The molecule has 12 aromatic rings. The predicted octanol–water partition coefficient (Wildman–Crippen LogP) is 15.5. The van der Waals surface area contributed by atoms with Gasteiger partial charge in [-0.15, -0.1) is 22.7 Å². The van der Waals surface area contributed by atoms with E-state index in [0.717, 1.165) is 55.0 Å². The Hall–Kier alpha value is -6.99. The molecule has 1 aliphatic carbocycles. The number of fused-ring (bicyclic) bond motifs is 12. The Morgan fingerprint density at radius 1 is 0.383 bits per heavy atom. The SMILES string of the molecule is CC1(C)c2ccccc2-c2cc(-c3ccc4oc5cccc(-c6nc(-c7cccc8sc9ccccc9c78)nc(-c7cccc8sc9ccccc9c78)n6)c5c4c3)ccc21. The van der Waals surface area contributed by atoms with Crippen molar-refractivity contribution in [3.8, 4) is 56.4 Å². The smallest absolute Gasteiger partial charge is 0.164 e. The first-order valence-electron chi connectivity index (χ1n) is 20.3. The van der Waals surface area contributed by atoms with Gasteiger partial charge in [0.2, 0.25) is 0 Å². The van der Waals surface area contributed by atoms with Gasteiger partial charge in [-0.05, 0) is 81.9 Å². The second-order valence-electron chi connectivity index (χ2n) is 16.3. The number of rotatable bonds is 4. The van der Waals surface area contributed by atoms with Crippen LogP contribution in [0.1, 0.15) is 25.0 Å². The summed E-state index contributed by atoms with van der Waals surface area (Å²) in [4.78, 5) is 16.2. The summed E-state index contributed by atoms with van der Waals surface area (Å²) in [5, 5.41) is 6.76. The van der Waals surface area contributed by atoms with Gasteiger partial charge in [0.1, 0.15) is 11.2 Å². The van der Waals surface area contributed by atoms with Gasteiger partial charge in [0.25, 0.3) is 0 Å². The Kier molecular flexibility index (Phi) is 7.07. The van der Waals surface area contributed by atoms with Crippen molar-refractivity contribution in [3.05, 3.63) is 175 Å². The summed E-state index contributed by atoms with van der Waals surface area (Å²) < 4.78 is 11.5. The molecule has 6 heteroatoms. The van der Waals surface area contributed by atoms with Crippen LogP contribution in [0.15, 0.2) is 168 Å². The van der Waals surface area contributed by atoms with E-state index in [2.05, 4.69) is 166 Å². The number of benzene rings is 8. The van der Waals surface area contributed by atoms with Crippen molar-refractivity contribution >= 4 is 85.0 Å². The maximum absolute atomic E-state index is 6.61. The fourth-order valence-corrected chi connectivity index (χ4v) is 12.0. The largest absolute Gasteiger partial charge is 0.456 e. The molecule has 0 fully saturated rings. The molecular formula is C54H33N3OS2. The van der Waals surface area contributed by atoms with E-state index in [9.17, 15) is 0 Å².